The normalized spacial score (nSPS) is 12.8. The number of nitrogens with zero attached hydrogens (tertiary/aromatic N) is 3. The predicted molar refractivity (Wildman–Crippen MR) is 257 cm³/mol. The molecular weight excluding hydrogens is 739 g/mol. The van der Waals surface area contributed by atoms with Crippen molar-refractivity contribution in [1.29, 1.82) is 0 Å². The van der Waals surface area contributed by atoms with Gasteiger partial charge in [0, 0.05) is 32.8 Å². The smallest absolute Gasteiger partial charge is 0.0979 e. The molecule has 3 nitrogen and oxygen atoms in total. The Hall–Kier alpha value is -7.88. The maximum atomic E-state index is 5.54. The molecule has 61 heavy (non-hydrogen) atoms. The fourth-order valence-corrected chi connectivity index (χ4v) is 9.43. The second-order valence-electron chi connectivity index (χ2n) is 16.1. The van der Waals surface area contributed by atoms with Crippen molar-refractivity contribution >= 4 is 60.0 Å². The maximum Gasteiger partial charge on any atom is 0.0979 e. The maximum absolute atomic E-state index is 5.54. The van der Waals surface area contributed by atoms with E-state index in [1.165, 1.54) is 55.0 Å². The van der Waals surface area contributed by atoms with E-state index in [9.17, 15) is 0 Å². The first-order chi connectivity index (χ1) is 30.2. The number of para-hydroxylation sites is 2. The molecule has 3 heteroatoms. The predicted octanol–water partition coefficient (Wildman–Crippen LogP) is 15.4. The number of benzene rings is 9. The van der Waals surface area contributed by atoms with Crippen molar-refractivity contribution in [1.82, 2.24) is 14.5 Å². The molecule has 0 spiro atoms. The molecular formula is C58H39N3. The van der Waals surface area contributed by atoms with Crippen LogP contribution in [-0.2, 0) is 0 Å². The van der Waals surface area contributed by atoms with Gasteiger partial charge < -0.3 is 4.57 Å². The van der Waals surface area contributed by atoms with Crippen LogP contribution in [0.5, 0.6) is 0 Å². The van der Waals surface area contributed by atoms with Gasteiger partial charge in [0.05, 0.1) is 34.0 Å². The SMILES string of the molecule is C1=CCCC(c2ccc(-c3ccc4c5ccc(-c6ccc(-c7ccccc7)cc6)cc5c5nc(-c6cccc(-n7c8ccccc8c8ccccc87)c6)cnc5c4c3)cc2)=C1. The molecule has 0 radical (unpaired) electrons. The van der Waals surface area contributed by atoms with Gasteiger partial charge in [0.2, 0.25) is 0 Å². The summed E-state index contributed by atoms with van der Waals surface area (Å²) in [6, 6.07) is 68.1. The molecule has 0 saturated heterocycles. The molecule has 0 N–H and O–H groups in total. The largest absolute Gasteiger partial charge is 0.309 e. The third kappa shape index (κ3) is 6.05. The quantitative estimate of drug-likeness (QED) is 0.157. The van der Waals surface area contributed by atoms with E-state index in [0.717, 1.165) is 73.7 Å². The highest BCUT2D eigenvalue weighted by molar-refractivity contribution is 6.24. The fourth-order valence-electron chi connectivity index (χ4n) is 9.43. The van der Waals surface area contributed by atoms with Gasteiger partial charge in [0.25, 0.3) is 0 Å². The van der Waals surface area contributed by atoms with Gasteiger partial charge in [-0.05, 0) is 105 Å². The molecule has 12 rings (SSSR count). The molecule has 286 valence electrons. The molecule has 1 aliphatic rings. The average molecular weight is 778 g/mol. The van der Waals surface area contributed by atoms with Gasteiger partial charge in [-0.3, -0.25) is 4.98 Å². The summed E-state index contributed by atoms with van der Waals surface area (Å²) in [6.45, 7) is 0. The first-order valence-electron chi connectivity index (χ1n) is 21.1. The Labute approximate surface area is 354 Å². The van der Waals surface area contributed by atoms with Crippen LogP contribution < -0.4 is 0 Å². The summed E-state index contributed by atoms with van der Waals surface area (Å²) in [5.41, 5.74) is 16.9. The molecule has 11 aromatic rings. The molecule has 0 unspecified atom stereocenters. The zero-order valence-electron chi connectivity index (χ0n) is 33.5. The van der Waals surface area contributed by atoms with Gasteiger partial charge in [-0.1, -0.05) is 170 Å². The minimum atomic E-state index is 0.840. The Bertz CT molecular complexity index is 3500. The lowest BCUT2D eigenvalue weighted by molar-refractivity contribution is 1.05. The van der Waals surface area contributed by atoms with Crippen LogP contribution in [0.15, 0.2) is 212 Å². The second-order valence-corrected chi connectivity index (χ2v) is 16.1. The highest BCUT2D eigenvalue weighted by atomic mass is 15.0. The van der Waals surface area contributed by atoms with Gasteiger partial charge >= 0.3 is 0 Å². The van der Waals surface area contributed by atoms with E-state index in [1.54, 1.807) is 0 Å². The zero-order chi connectivity index (χ0) is 40.3. The van der Waals surface area contributed by atoms with Crippen molar-refractivity contribution in [3.63, 3.8) is 0 Å². The lowest BCUT2D eigenvalue weighted by Gasteiger charge is -2.14. The summed E-state index contributed by atoms with van der Waals surface area (Å²) in [5, 5.41) is 7.01. The molecule has 1 aliphatic carbocycles. The highest BCUT2D eigenvalue weighted by Gasteiger charge is 2.17. The summed E-state index contributed by atoms with van der Waals surface area (Å²) in [5.74, 6) is 0. The molecule has 9 aromatic carbocycles. The minimum absolute atomic E-state index is 0.840. The number of hydrogen-bond donors (Lipinski definition) is 0. The van der Waals surface area contributed by atoms with Crippen molar-refractivity contribution < 1.29 is 0 Å². The van der Waals surface area contributed by atoms with Crippen molar-refractivity contribution in [3.8, 4) is 50.3 Å². The fraction of sp³-hybridized carbons (Fsp3) is 0.0345. The first-order valence-corrected chi connectivity index (χ1v) is 21.1. The lowest BCUT2D eigenvalue weighted by atomic mass is 9.92. The number of fused-ring (bicyclic) bond motifs is 9. The highest BCUT2D eigenvalue weighted by Crippen LogP contribution is 2.40. The summed E-state index contributed by atoms with van der Waals surface area (Å²) >= 11 is 0. The number of aromatic nitrogens is 3. The van der Waals surface area contributed by atoms with Gasteiger partial charge in [0.1, 0.15) is 0 Å². The molecule has 0 amide bonds. The Kier molecular flexibility index (Phi) is 8.31. The summed E-state index contributed by atoms with van der Waals surface area (Å²) in [6.07, 6.45) is 10.8. The standard InChI is InChI=1S/C58H39N3/c1-3-12-38(13-4-1)40-22-26-42(27-23-40)44-30-32-48-49-33-31-45(43-28-24-41(25-29-43)39-14-5-2-6-15-39)36-53(49)58-57(52(48)35-44)59-37-54(60-58)46-16-11-17-47(34-46)61-55-20-9-7-18-50(55)51-19-8-10-21-56(51)61/h1-3,5-12,14-37H,4,13H2. The summed E-state index contributed by atoms with van der Waals surface area (Å²) < 4.78 is 2.36. The van der Waals surface area contributed by atoms with Gasteiger partial charge in [-0.2, -0.15) is 0 Å². The molecule has 2 aromatic heterocycles. The Balaban J connectivity index is 1.02. The Morgan fingerprint density at radius 2 is 0.934 bits per heavy atom. The average Bonchev–Trinajstić information content (AvgIpc) is 3.69. The van der Waals surface area contributed by atoms with Crippen LogP contribution in [0.4, 0.5) is 0 Å². The lowest BCUT2D eigenvalue weighted by Crippen LogP contribution is -1.96. The van der Waals surface area contributed by atoms with E-state index >= 15 is 0 Å². The minimum Gasteiger partial charge on any atom is -0.309 e. The van der Waals surface area contributed by atoms with E-state index < -0.39 is 0 Å². The van der Waals surface area contributed by atoms with E-state index in [1.807, 2.05) is 6.20 Å². The first kappa shape index (κ1) is 35.1. The van der Waals surface area contributed by atoms with Crippen molar-refractivity contribution in [2.45, 2.75) is 12.8 Å². The van der Waals surface area contributed by atoms with Crippen LogP contribution in [-0.4, -0.2) is 14.5 Å². The monoisotopic (exact) mass is 777 g/mol. The van der Waals surface area contributed by atoms with Crippen LogP contribution in [0, 0.1) is 0 Å². The van der Waals surface area contributed by atoms with Crippen molar-refractivity contribution in [2.24, 2.45) is 0 Å². The van der Waals surface area contributed by atoms with E-state index in [2.05, 4.69) is 211 Å². The van der Waals surface area contributed by atoms with Gasteiger partial charge in [0.15, 0.2) is 0 Å². The van der Waals surface area contributed by atoms with Crippen LogP contribution in [0.25, 0.3) is 110 Å². The van der Waals surface area contributed by atoms with E-state index in [4.69, 9.17) is 9.97 Å². The van der Waals surface area contributed by atoms with Crippen molar-refractivity contribution in [3.05, 3.63) is 218 Å². The topological polar surface area (TPSA) is 30.7 Å². The molecule has 0 fully saturated rings. The van der Waals surface area contributed by atoms with Gasteiger partial charge in [-0.25, -0.2) is 4.98 Å². The summed E-state index contributed by atoms with van der Waals surface area (Å²) in [4.78, 5) is 10.8. The number of hydrogen-bond acceptors (Lipinski definition) is 2. The number of allylic oxidation sites excluding steroid dienone is 4. The molecule has 0 bridgehead atoms. The number of rotatable bonds is 6. The van der Waals surface area contributed by atoms with Crippen LogP contribution in [0.3, 0.4) is 0 Å². The van der Waals surface area contributed by atoms with Crippen molar-refractivity contribution in [2.75, 3.05) is 0 Å². The van der Waals surface area contributed by atoms with Crippen LogP contribution in [0.1, 0.15) is 18.4 Å². The second kappa shape index (κ2) is 14.4. The molecule has 0 aliphatic heterocycles. The Morgan fingerprint density at radius 1 is 0.393 bits per heavy atom. The van der Waals surface area contributed by atoms with Crippen LogP contribution >= 0.6 is 0 Å². The molecule has 2 heterocycles. The molecule has 0 saturated carbocycles. The van der Waals surface area contributed by atoms with Crippen LogP contribution in [0.2, 0.25) is 0 Å². The zero-order valence-corrected chi connectivity index (χ0v) is 33.5. The molecule has 0 atom stereocenters. The van der Waals surface area contributed by atoms with E-state index in [-0.39, 0.29) is 0 Å². The Morgan fingerprint density at radius 3 is 1.57 bits per heavy atom. The third-order valence-corrected chi connectivity index (χ3v) is 12.5. The van der Waals surface area contributed by atoms with Gasteiger partial charge in [-0.15, -0.1) is 0 Å². The van der Waals surface area contributed by atoms with E-state index in [0.29, 0.717) is 0 Å². The third-order valence-electron chi connectivity index (χ3n) is 12.5. The summed E-state index contributed by atoms with van der Waals surface area (Å²) in [7, 11) is 0.